The Morgan fingerprint density at radius 2 is 1.95 bits per heavy atom. The summed E-state index contributed by atoms with van der Waals surface area (Å²) in [6, 6.07) is 6.71. The van der Waals surface area contributed by atoms with Gasteiger partial charge in [-0.15, -0.1) is 0 Å². The Kier molecular flexibility index (Phi) is 6.15. The fourth-order valence-corrected chi connectivity index (χ4v) is 1.69. The summed E-state index contributed by atoms with van der Waals surface area (Å²) in [4.78, 5) is 11.6. The lowest BCUT2D eigenvalue weighted by molar-refractivity contribution is 0.148. The van der Waals surface area contributed by atoms with Crippen LogP contribution in [0.3, 0.4) is 0 Å². The second-order valence-electron chi connectivity index (χ2n) is 4.85. The van der Waals surface area contributed by atoms with E-state index < -0.39 is 6.10 Å². The van der Waals surface area contributed by atoms with Gasteiger partial charge < -0.3 is 20.5 Å². The van der Waals surface area contributed by atoms with Crippen LogP contribution in [0.25, 0.3) is 0 Å². The molecule has 19 heavy (non-hydrogen) atoms. The van der Waals surface area contributed by atoms with Crippen LogP contribution in [0.1, 0.15) is 20.3 Å². The van der Waals surface area contributed by atoms with Crippen LogP contribution in [-0.4, -0.2) is 30.9 Å². The zero-order valence-electron chi connectivity index (χ0n) is 11.6. The van der Waals surface area contributed by atoms with Crippen LogP contribution >= 0.6 is 0 Å². The minimum atomic E-state index is -0.512. The quantitative estimate of drug-likeness (QED) is 0.739. The van der Waals surface area contributed by atoms with E-state index in [1.54, 1.807) is 31.4 Å². The highest BCUT2D eigenvalue weighted by molar-refractivity contribution is 5.89. The molecule has 1 aromatic rings. The van der Waals surface area contributed by atoms with Gasteiger partial charge >= 0.3 is 6.03 Å². The highest BCUT2D eigenvalue weighted by Gasteiger charge is 2.09. The van der Waals surface area contributed by atoms with Gasteiger partial charge in [0.15, 0.2) is 0 Å². The predicted molar refractivity (Wildman–Crippen MR) is 75.5 cm³/mol. The van der Waals surface area contributed by atoms with Crippen molar-refractivity contribution < 1.29 is 14.6 Å². The summed E-state index contributed by atoms with van der Waals surface area (Å²) in [6.07, 6.45) is 0.157. The number of anilines is 1. The minimum absolute atomic E-state index is 0.250. The van der Waals surface area contributed by atoms with Gasteiger partial charge in [0.2, 0.25) is 0 Å². The van der Waals surface area contributed by atoms with Crippen LogP contribution < -0.4 is 15.4 Å². The molecule has 0 aliphatic rings. The van der Waals surface area contributed by atoms with Crippen molar-refractivity contribution in [3.8, 4) is 5.75 Å². The molecule has 5 heteroatoms. The first-order valence-corrected chi connectivity index (χ1v) is 6.38. The van der Waals surface area contributed by atoms with Crippen molar-refractivity contribution in [1.29, 1.82) is 0 Å². The Hall–Kier alpha value is -1.75. The summed E-state index contributed by atoms with van der Waals surface area (Å²) in [5.41, 5.74) is 0.677. The molecule has 0 saturated carbocycles. The lowest BCUT2D eigenvalue weighted by Gasteiger charge is -2.14. The average Bonchev–Trinajstić information content (AvgIpc) is 2.36. The Morgan fingerprint density at radius 3 is 2.47 bits per heavy atom. The minimum Gasteiger partial charge on any atom is -0.497 e. The fourth-order valence-electron chi connectivity index (χ4n) is 1.69. The third kappa shape index (κ3) is 6.10. The molecule has 1 aromatic carbocycles. The maximum absolute atomic E-state index is 11.6. The van der Waals surface area contributed by atoms with E-state index in [9.17, 15) is 9.90 Å². The lowest BCUT2D eigenvalue weighted by atomic mass is 10.1. The van der Waals surface area contributed by atoms with Gasteiger partial charge in [0.25, 0.3) is 0 Å². The number of ether oxygens (including phenoxy) is 1. The number of hydrogen-bond acceptors (Lipinski definition) is 3. The van der Waals surface area contributed by atoms with Crippen LogP contribution in [0, 0.1) is 5.92 Å². The number of benzene rings is 1. The van der Waals surface area contributed by atoms with Crippen molar-refractivity contribution in [3.05, 3.63) is 24.3 Å². The van der Waals surface area contributed by atoms with Crippen LogP contribution in [-0.2, 0) is 0 Å². The first kappa shape index (κ1) is 15.3. The molecule has 0 aromatic heterocycles. The number of aliphatic hydroxyl groups excluding tert-OH is 1. The largest absolute Gasteiger partial charge is 0.497 e. The fraction of sp³-hybridized carbons (Fsp3) is 0.500. The number of amides is 2. The second-order valence-corrected chi connectivity index (χ2v) is 4.85. The van der Waals surface area contributed by atoms with Gasteiger partial charge in [-0.25, -0.2) is 4.79 Å². The maximum atomic E-state index is 11.6. The topological polar surface area (TPSA) is 70.6 Å². The number of nitrogens with one attached hydrogen (secondary N) is 2. The summed E-state index contributed by atoms with van der Waals surface area (Å²) in [6.45, 7) is 4.31. The monoisotopic (exact) mass is 266 g/mol. The number of methoxy groups -OCH3 is 1. The van der Waals surface area contributed by atoms with Crippen molar-refractivity contribution in [2.45, 2.75) is 26.4 Å². The molecule has 0 spiro atoms. The van der Waals surface area contributed by atoms with E-state index in [0.29, 0.717) is 18.0 Å². The van der Waals surface area contributed by atoms with E-state index in [-0.39, 0.29) is 12.6 Å². The lowest BCUT2D eigenvalue weighted by Crippen LogP contribution is -2.35. The Labute approximate surface area is 114 Å². The molecule has 0 radical (unpaired) electrons. The molecule has 3 N–H and O–H groups in total. The molecular formula is C14H22N2O3. The second kappa shape index (κ2) is 7.63. The third-order valence-electron chi connectivity index (χ3n) is 2.59. The molecule has 1 rings (SSSR count). The Balaban J connectivity index is 2.34. The molecule has 0 bridgehead atoms. The van der Waals surface area contributed by atoms with Gasteiger partial charge in [-0.2, -0.15) is 0 Å². The molecule has 0 aliphatic carbocycles. The summed E-state index contributed by atoms with van der Waals surface area (Å²) in [5, 5.41) is 15.0. The van der Waals surface area contributed by atoms with Crippen molar-refractivity contribution in [3.63, 3.8) is 0 Å². The molecule has 5 nitrogen and oxygen atoms in total. The van der Waals surface area contributed by atoms with Crippen LogP contribution in [0.4, 0.5) is 10.5 Å². The number of aliphatic hydroxyl groups is 1. The number of rotatable bonds is 6. The van der Waals surface area contributed by atoms with Crippen molar-refractivity contribution in [1.82, 2.24) is 5.32 Å². The van der Waals surface area contributed by atoms with Crippen LogP contribution in [0.2, 0.25) is 0 Å². The first-order valence-electron chi connectivity index (χ1n) is 6.38. The highest BCUT2D eigenvalue weighted by Crippen LogP contribution is 2.14. The van der Waals surface area contributed by atoms with E-state index in [2.05, 4.69) is 10.6 Å². The molecule has 0 fully saturated rings. The van der Waals surface area contributed by atoms with Gasteiger partial charge in [0.05, 0.1) is 13.2 Å². The standard InChI is InChI=1S/C14H22N2O3/c1-10(2)8-12(17)9-15-14(18)16-11-4-6-13(19-3)7-5-11/h4-7,10,12,17H,8-9H2,1-3H3,(H2,15,16,18). The molecule has 106 valence electrons. The number of urea groups is 1. The molecular weight excluding hydrogens is 244 g/mol. The number of carbonyl (C=O) groups is 1. The van der Waals surface area contributed by atoms with Crippen LogP contribution in [0.5, 0.6) is 5.75 Å². The van der Waals surface area contributed by atoms with Crippen molar-refractivity contribution >= 4 is 11.7 Å². The SMILES string of the molecule is COc1ccc(NC(=O)NCC(O)CC(C)C)cc1. The van der Waals surface area contributed by atoms with E-state index >= 15 is 0 Å². The van der Waals surface area contributed by atoms with E-state index in [4.69, 9.17) is 4.74 Å². The maximum Gasteiger partial charge on any atom is 0.319 e. The summed E-state index contributed by atoms with van der Waals surface area (Å²) < 4.78 is 5.03. The number of carbonyl (C=O) groups excluding carboxylic acids is 1. The molecule has 0 aliphatic heterocycles. The molecule has 0 saturated heterocycles. The predicted octanol–water partition coefficient (Wildman–Crippen LogP) is 2.22. The van der Waals surface area contributed by atoms with Crippen molar-refractivity contribution in [2.24, 2.45) is 5.92 Å². The first-order chi connectivity index (χ1) is 9.01. The number of hydrogen-bond donors (Lipinski definition) is 3. The molecule has 1 atom stereocenters. The smallest absolute Gasteiger partial charge is 0.319 e. The van der Waals surface area contributed by atoms with Gasteiger partial charge in [-0.1, -0.05) is 13.8 Å². The van der Waals surface area contributed by atoms with E-state index in [1.165, 1.54) is 0 Å². The molecule has 1 unspecified atom stereocenters. The zero-order chi connectivity index (χ0) is 14.3. The van der Waals surface area contributed by atoms with Crippen LogP contribution in [0.15, 0.2) is 24.3 Å². The summed E-state index contributed by atoms with van der Waals surface area (Å²) >= 11 is 0. The highest BCUT2D eigenvalue weighted by atomic mass is 16.5. The average molecular weight is 266 g/mol. The molecule has 2 amide bonds. The van der Waals surface area contributed by atoms with E-state index in [1.807, 2.05) is 13.8 Å². The Morgan fingerprint density at radius 1 is 1.32 bits per heavy atom. The van der Waals surface area contributed by atoms with Gasteiger partial charge in [0, 0.05) is 12.2 Å². The van der Waals surface area contributed by atoms with Crippen molar-refractivity contribution in [2.75, 3.05) is 19.0 Å². The third-order valence-corrected chi connectivity index (χ3v) is 2.59. The normalized spacial score (nSPS) is 12.1. The zero-order valence-corrected chi connectivity index (χ0v) is 11.6. The van der Waals surface area contributed by atoms with Gasteiger partial charge in [-0.3, -0.25) is 0 Å². The van der Waals surface area contributed by atoms with Gasteiger partial charge in [0.1, 0.15) is 5.75 Å². The Bertz CT molecular complexity index is 390. The summed E-state index contributed by atoms with van der Waals surface area (Å²) in [5.74, 6) is 1.14. The molecule has 0 heterocycles. The van der Waals surface area contributed by atoms with E-state index in [0.717, 1.165) is 5.75 Å². The summed E-state index contributed by atoms with van der Waals surface area (Å²) in [7, 11) is 1.59. The van der Waals surface area contributed by atoms with Gasteiger partial charge in [-0.05, 0) is 36.6 Å².